The molecule has 1 amide bonds. The highest BCUT2D eigenvalue weighted by Gasteiger charge is 2.08. The minimum absolute atomic E-state index is 0.241. The Morgan fingerprint density at radius 2 is 2.05 bits per heavy atom. The highest BCUT2D eigenvalue weighted by atomic mass is 19.1. The molecule has 0 saturated carbocycles. The summed E-state index contributed by atoms with van der Waals surface area (Å²) in [5.41, 5.74) is 0.909. The summed E-state index contributed by atoms with van der Waals surface area (Å²) in [6.45, 7) is 0.831. The van der Waals surface area contributed by atoms with Crippen molar-refractivity contribution in [2.75, 3.05) is 25.6 Å². The molecule has 2 N–H and O–H groups in total. The van der Waals surface area contributed by atoms with Crippen LogP contribution in [0.4, 0.5) is 15.9 Å². The number of nitrogens with one attached hydrogen (secondary N) is 2. The maximum Gasteiger partial charge on any atom is 0.270 e. The minimum atomic E-state index is -0.318. The Hall–Kier alpha value is -2.54. The van der Waals surface area contributed by atoms with Crippen molar-refractivity contribution in [1.29, 1.82) is 0 Å². The molecule has 0 radical (unpaired) electrons. The maximum absolute atomic E-state index is 12.8. The van der Waals surface area contributed by atoms with E-state index in [9.17, 15) is 9.18 Å². The number of hydrogen-bond donors (Lipinski definition) is 2. The average Bonchev–Trinajstić information content (AvgIpc) is 2.50. The van der Waals surface area contributed by atoms with Crippen LogP contribution >= 0.6 is 0 Å². The van der Waals surface area contributed by atoms with Crippen molar-refractivity contribution in [2.24, 2.45) is 0 Å². The summed E-state index contributed by atoms with van der Waals surface area (Å²) in [7, 11) is 1.56. The van der Waals surface area contributed by atoms with E-state index in [4.69, 9.17) is 4.74 Å². The van der Waals surface area contributed by atoms with Crippen molar-refractivity contribution in [2.45, 2.75) is 0 Å². The number of rotatable bonds is 6. The Morgan fingerprint density at radius 1 is 1.29 bits per heavy atom. The van der Waals surface area contributed by atoms with Crippen LogP contribution in [-0.2, 0) is 4.74 Å². The Balaban J connectivity index is 2.03. The lowest BCUT2D eigenvalue weighted by atomic mass is 10.3. The van der Waals surface area contributed by atoms with E-state index < -0.39 is 0 Å². The van der Waals surface area contributed by atoms with Gasteiger partial charge in [0.25, 0.3) is 5.91 Å². The number of nitrogens with zero attached hydrogens (tertiary/aromatic N) is 2. The van der Waals surface area contributed by atoms with E-state index in [0.717, 1.165) is 0 Å². The molecule has 0 aliphatic heterocycles. The molecule has 0 saturated heterocycles. The largest absolute Gasteiger partial charge is 0.383 e. The van der Waals surface area contributed by atoms with Crippen LogP contribution in [0.25, 0.3) is 0 Å². The fraction of sp³-hybridized carbons (Fsp3) is 0.214. The monoisotopic (exact) mass is 290 g/mol. The number of hydrogen-bond acceptors (Lipinski definition) is 5. The molecule has 0 bridgehead atoms. The van der Waals surface area contributed by atoms with Gasteiger partial charge in [-0.3, -0.25) is 4.79 Å². The molecule has 0 spiro atoms. The molecular weight excluding hydrogens is 275 g/mol. The summed E-state index contributed by atoms with van der Waals surface area (Å²) in [6, 6.07) is 7.35. The number of methoxy groups -OCH3 is 1. The quantitative estimate of drug-likeness (QED) is 0.792. The molecule has 1 heterocycles. The first-order valence-electron chi connectivity index (χ1n) is 6.31. The Labute approximate surface area is 121 Å². The van der Waals surface area contributed by atoms with E-state index in [2.05, 4.69) is 20.6 Å². The molecule has 6 nitrogen and oxygen atoms in total. The number of anilines is 2. The van der Waals surface area contributed by atoms with Gasteiger partial charge in [0.1, 0.15) is 23.7 Å². The van der Waals surface area contributed by atoms with Crippen LogP contribution in [0.5, 0.6) is 0 Å². The maximum atomic E-state index is 12.8. The molecule has 1 aromatic heterocycles. The van der Waals surface area contributed by atoms with Crippen LogP contribution in [0.3, 0.4) is 0 Å². The van der Waals surface area contributed by atoms with Crippen LogP contribution in [0.1, 0.15) is 10.5 Å². The van der Waals surface area contributed by atoms with Gasteiger partial charge >= 0.3 is 0 Å². The van der Waals surface area contributed by atoms with Crippen molar-refractivity contribution in [3.05, 3.63) is 48.2 Å². The molecular formula is C14H15FN4O2. The number of carbonyl (C=O) groups excluding carboxylic acids is 1. The third-order valence-electron chi connectivity index (χ3n) is 2.61. The van der Waals surface area contributed by atoms with Gasteiger partial charge in [-0.25, -0.2) is 14.4 Å². The third-order valence-corrected chi connectivity index (χ3v) is 2.61. The van der Waals surface area contributed by atoms with E-state index in [-0.39, 0.29) is 17.4 Å². The van der Waals surface area contributed by atoms with Crippen LogP contribution in [0, 0.1) is 5.82 Å². The lowest BCUT2D eigenvalue weighted by Crippen LogP contribution is -2.27. The molecule has 0 fully saturated rings. The summed E-state index contributed by atoms with van der Waals surface area (Å²) >= 11 is 0. The van der Waals surface area contributed by atoms with Crippen molar-refractivity contribution in [1.82, 2.24) is 15.3 Å². The van der Waals surface area contributed by atoms with Crippen molar-refractivity contribution in [3.63, 3.8) is 0 Å². The van der Waals surface area contributed by atoms with Gasteiger partial charge in [-0.15, -0.1) is 0 Å². The van der Waals surface area contributed by atoms with Crippen molar-refractivity contribution >= 4 is 17.4 Å². The fourth-order valence-corrected chi connectivity index (χ4v) is 1.59. The van der Waals surface area contributed by atoms with E-state index >= 15 is 0 Å². The van der Waals surface area contributed by atoms with Crippen LogP contribution in [-0.4, -0.2) is 36.1 Å². The molecule has 1 aromatic carbocycles. The fourth-order valence-electron chi connectivity index (χ4n) is 1.59. The minimum Gasteiger partial charge on any atom is -0.383 e. The van der Waals surface area contributed by atoms with E-state index in [1.54, 1.807) is 19.2 Å². The Kier molecular flexibility index (Phi) is 5.16. The normalized spacial score (nSPS) is 10.2. The Bertz CT molecular complexity index is 604. The summed E-state index contributed by atoms with van der Waals surface area (Å²) in [4.78, 5) is 19.8. The second-order valence-corrected chi connectivity index (χ2v) is 4.17. The average molecular weight is 290 g/mol. The van der Waals surface area contributed by atoms with Crippen molar-refractivity contribution in [3.8, 4) is 0 Å². The zero-order valence-electron chi connectivity index (χ0n) is 11.5. The van der Waals surface area contributed by atoms with Gasteiger partial charge in [0.05, 0.1) is 6.61 Å². The lowest BCUT2D eigenvalue weighted by molar-refractivity contribution is 0.0932. The van der Waals surface area contributed by atoms with Gasteiger partial charge in [-0.05, 0) is 24.3 Å². The zero-order valence-corrected chi connectivity index (χ0v) is 11.5. The molecule has 2 aromatic rings. The summed E-state index contributed by atoms with van der Waals surface area (Å²) < 4.78 is 17.7. The zero-order chi connectivity index (χ0) is 15.1. The van der Waals surface area contributed by atoms with Crippen molar-refractivity contribution < 1.29 is 13.9 Å². The standard InChI is InChI=1S/C14H15FN4O2/c1-21-7-6-16-14(20)12-8-13(18-9-17-12)19-11-4-2-10(15)3-5-11/h2-5,8-9H,6-7H2,1H3,(H,16,20)(H,17,18,19). The van der Waals surface area contributed by atoms with E-state index in [1.165, 1.54) is 24.5 Å². The van der Waals surface area contributed by atoms with E-state index in [1.807, 2.05) is 0 Å². The van der Waals surface area contributed by atoms with Gasteiger partial charge in [0.15, 0.2) is 0 Å². The Morgan fingerprint density at radius 3 is 2.76 bits per heavy atom. The van der Waals surface area contributed by atoms with Gasteiger partial charge < -0.3 is 15.4 Å². The SMILES string of the molecule is COCCNC(=O)c1cc(Nc2ccc(F)cc2)ncn1. The number of ether oxygens (including phenoxy) is 1. The number of benzene rings is 1. The van der Waals surface area contributed by atoms with Gasteiger partial charge in [-0.2, -0.15) is 0 Å². The first-order valence-corrected chi connectivity index (χ1v) is 6.31. The smallest absolute Gasteiger partial charge is 0.270 e. The predicted octanol–water partition coefficient (Wildman–Crippen LogP) is 1.74. The molecule has 21 heavy (non-hydrogen) atoms. The van der Waals surface area contributed by atoms with Crippen LogP contribution < -0.4 is 10.6 Å². The molecule has 0 unspecified atom stereocenters. The van der Waals surface area contributed by atoms with Crippen LogP contribution in [0.15, 0.2) is 36.7 Å². The molecule has 2 rings (SSSR count). The molecule has 0 aliphatic rings. The molecule has 0 aliphatic carbocycles. The molecule has 110 valence electrons. The van der Waals surface area contributed by atoms with Gasteiger partial charge in [-0.1, -0.05) is 0 Å². The highest BCUT2D eigenvalue weighted by molar-refractivity contribution is 5.92. The summed E-state index contributed by atoms with van der Waals surface area (Å²) in [5, 5.41) is 5.64. The number of halogens is 1. The number of aromatic nitrogens is 2. The second-order valence-electron chi connectivity index (χ2n) is 4.17. The molecule has 0 atom stereocenters. The van der Waals surface area contributed by atoms with Gasteiger partial charge in [0, 0.05) is 25.4 Å². The van der Waals surface area contributed by atoms with Gasteiger partial charge in [0.2, 0.25) is 0 Å². The summed E-state index contributed by atoms with van der Waals surface area (Å²) in [5.74, 6) is -0.174. The van der Waals surface area contributed by atoms with Crippen LogP contribution in [0.2, 0.25) is 0 Å². The first kappa shape index (κ1) is 14.9. The topological polar surface area (TPSA) is 76.1 Å². The highest BCUT2D eigenvalue weighted by Crippen LogP contribution is 2.14. The lowest BCUT2D eigenvalue weighted by Gasteiger charge is -2.07. The summed E-state index contributed by atoms with van der Waals surface area (Å²) in [6.07, 6.45) is 1.29. The third kappa shape index (κ3) is 4.50. The number of carbonyl (C=O) groups is 1. The predicted molar refractivity (Wildman–Crippen MR) is 75.9 cm³/mol. The first-order chi connectivity index (χ1) is 10.2. The number of amides is 1. The van der Waals surface area contributed by atoms with E-state index in [0.29, 0.717) is 24.7 Å². The molecule has 7 heteroatoms. The second kappa shape index (κ2) is 7.30.